The van der Waals surface area contributed by atoms with Crippen molar-refractivity contribution in [2.45, 2.75) is 33.3 Å². The van der Waals surface area contributed by atoms with Crippen LogP contribution in [0.4, 0.5) is 0 Å². The van der Waals surface area contributed by atoms with E-state index in [1.165, 1.54) is 0 Å². The van der Waals surface area contributed by atoms with E-state index in [0.29, 0.717) is 6.10 Å². The molecule has 1 rings (SSSR count). The fourth-order valence-electron chi connectivity index (χ4n) is 1.91. The Balaban J connectivity index is 2.12. The zero-order valence-corrected chi connectivity index (χ0v) is 11.3. The first kappa shape index (κ1) is 14.4. The van der Waals surface area contributed by atoms with Crippen LogP contribution >= 0.6 is 0 Å². The molecule has 1 atom stereocenters. The van der Waals surface area contributed by atoms with Gasteiger partial charge in [0.2, 0.25) is 0 Å². The summed E-state index contributed by atoms with van der Waals surface area (Å²) < 4.78 is 5.70. The van der Waals surface area contributed by atoms with Crippen LogP contribution in [-0.4, -0.2) is 50.3 Å². The van der Waals surface area contributed by atoms with Gasteiger partial charge in [0.15, 0.2) is 0 Å². The predicted octanol–water partition coefficient (Wildman–Crippen LogP) is 1.24. The minimum absolute atomic E-state index is 0.226. The molecule has 0 amide bonds. The van der Waals surface area contributed by atoms with Crippen LogP contribution in [0.1, 0.15) is 27.2 Å². The van der Waals surface area contributed by atoms with Crippen molar-refractivity contribution in [1.29, 1.82) is 5.26 Å². The zero-order chi connectivity index (χ0) is 12.7. The molecule has 0 aromatic carbocycles. The number of hydrogen-bond acceptors (Lipinski definition) is 4. The van der Waals surface area contributed by atoms with Gasteiger partial charge < -0.3 is 10.1 Å². The maximum absolute atomic E-state index is 8.90. The van der Waals surface area contributed by atoms with Gasteiger partial charge in [-0.25, -0.2) is 0 Å². The van der Waals surface area contributed by atoms with Crippen LogP contribution in [0.5, 0.6) is 0 Å². The Labute approximate surface area is 105 Å². The molecular weight excluding hydrogens is 214 g/mol. The van der Waals surface area contributed by atoms with Crippen molar-refractivity contribution in [3.8, 4) is 6.07 Å². The lowest BCUT2D eigenvalue weighted by Crippen LogP contribution is -2.46. The number of rotatable bonds is 6. The van der Waals surface area contributed by atoms with Crippen LogP contribution in [0.2, 0.25) is 0 Å². The largest absolute Gasteiger partial charge is 0.374 e. The molecule has 98 valence electrons. The summed E-state index contributed by atoms with van der Waals surface area (Å²) in [6.45, 7) is 11.9. The van der Waals surface area contributed by atoms with E-state index in [4.69, 9.17) is 10.00 Å². The molecule has 0 aliphatic carbocycles. The van der Waals surface area contributed by atoms with Gasteiger partial charge >= 0.3 is 0 Å². The number of likely N-dealkylation sites (N-methyl/N-ethyl adjacent to an activating group) is 1. The Morgan fingerprint density at radius 1 is 1.53 bits per heavy atom. The van der Waals surface area contributed by atoms with Crippen molar-refractivity contribution in [2.24, 2.45) is 5.41 Å². The summed E-state index contributed by atoms with van der Waals surface area (Å²) in [5, 5.41) is 12.3. The van der Waals surface area contributed by atoms with E-state index in [0.717, 1.165) is 45.8 Å². The summed E-state index contributed by atoms with van der Waals surface area (Å²) in [5.41, 5.74) is -0.226. The summed E-state index contributed by atoms with van der Waals surface area (Å²) in [6.07, 6.45) is 1.18. The third kappa shape index (κ3) is 5.49. The lowest BCUT2D eigenvalue weighted by atomic mass is 9.91. The molecule has 0 bridgehead atoms. The van der Waals surface area contributed by atoms with E-state index in [9.17, 15) is 0 Å². The van der Waals surface area contributed by atoms with E-state index in [1.807, 2.05) is 13.8 Å². The van der Waals surface area contributed by atoms with Gasteiger partial charge in [-0.3, -0.25) is 4.90 Å². The zero-order valence-electron chi connectivity index (χ0n) is 11.3. The summed E-state index contributed by atoms with van der Waals surface area (Å²) in [6, 6.07) is 2.32. The molecule has 0 aromatic heterocycles. The molecule has 1 heterocycles. The lowest BCUT2D eigenvalue weighted by Gasteiger charge is -2.32. The van der Waals surface area contributed by atoms with Gasteiger partial charge in [-0.2, -0.15) is 5.26 Å². The molecule has 17 heavy (non-hydrogen) atoms. The molecule has 0 spiro atoms. The van der Waals surface area contributed by atoms with Crippen LogP contribution in [0.25, 0.3) is 0 Å². The van der Waals surface area contributed by atoms with Gasteiger partial charge in [-0.05, 0) is 33.4 Å². The summed E-state index contributed by atoms with van der Waals surface area (Å²) in [4.78, 5) is 2.41. The highest BCUT2D eigenvalue weighted by Crippen LogP contribution is 2.17. The molecule has 1 N–H and O–H groups in total. The van der Waals surface area contributed by atoms with Gasteiger partial charge in [-0.15, -0.1) is 0 Å². The van der Waals surface area contributed by atoms with Gasteiger partial charge in [0.1, 0.15) is 0 Å². The molecule has 4 nitrogen and oxygen atoms in total. The number of hydrogen-bond donors (Lipinski definition) is 1. The number of nitrogens with one attached hydrogen (secondary N) is 1. The lowest BCUT2D eigenvalue weighted by molar-refractivity contribution is -0.0253. The van der Waals surface area contributed by atoms with Crippen LogP contribution in [-0.2, 0) is 4.74 Å². The normalized spacial score (nSPS) is 22.4. The summed E-state index contributed by atoms with van der Waals surface area (Å²) in [7, 11) is 0. The van der Waals surface area contributed by atoms with E-state index >= 15 is 0 Å². The smallest absolute Gasteiger partial charge is 0.0826 e. The van der Waals surface area contributed by atoms with Crippen molar-refractivity contribution in [3.05, 3.63) is 0 Å². The first-order valence-corrected chi connectivity index (χ1v) is 6.53. The second-order valence-electron chi connectivity index (χ2n) is 5.34. The Morgan fingerprint density at radius 2 is 2.29 bits per heavy atom. The fourth-order valence-corrected chi connectivity index (χ4v) is 1.91. The van der Waals surface area contributed by atoms with Crippen molar-refractivity contribution in [2.75, 3.05) is 39.3 Å². The van der Waals surface area contributed by atoms with Crippen LogP contribution in [0.15, 0.2) is 0 Å². The highest BCUT2D eigenvalue weighted by molar-refractivity contribution is 4.91. The minimum atomic E-state index is -0.226. The number of nitrogens with zero attached hydrogens (tertiary/aromatic N) is 2. The average Bonchev–Trinajstić information content (AvgIpc) is 2.35. The van der Waals surface area contributed by atoms with Crippen LogP contribution in [0.3, 0.4) is 0 Å². The van der Waals surface area contributed by atoms with Crippen molar-refractivity contribution in [3.63, 3.8) is 0 Å². The number of morpholine rings is 1. The van der Waals surface area contributed by atoms with Crippen LogP contribution < -0.4 is 5.32 Å². The molecule has 1 aliphatic rings. The van der Waals surface area contributed by atoms with Gasteiger partial charge in [-0.1, -0.05) is 6.92 Å². The second kappa shape index (κ2) is 6.95. The SMILES string of the molecule is CCN1CCOC(CNCCC(C)(C)C#N)C1. The van der Waals surface area contributed by atoms with E-state index < -0.39 is 0 Å². The van der Waals surface area contributed by atoms with Gasteiger partial charge in [0, 0.05) is 19.6 Å². The van der Waals surface area contributed by atoms with Crippen molar-refractivity contribution < 1.29 is 4.74 Å². The van der Waals surface area contributed by atoms with Crippen molar-refractivity contribution >= 4 is 0 Å². The summed E-state index contributed by atoms with van der Waals surface area (Å²) in [5.74, 6) is 0. The number of nitriles is 1. The average molecular weight is 239 g/mol. The maximum atomic E-state index is 8.90. The van der Waals surface area contributed by atoms with Crippen molar-refractivity contribution in [1.82, 2.24) is 10.2 Å². The fraction of sp³-hybridized carbons (Fsp3) is 0.923. The third-order valence-electron chi connectivity index (χ3n) is 3.27. The molecule has 4 heteroatoms. The Bertz CT molecular complexity index is 260. The molecule has 1 unspecified atom stereocenters. The quantitative estimate of drug-likeness (QED) is 0.708. The molecule has 1 fully saturated rings. The Kier molecular flexibility index (Phi) is 5.90. The molecule has 0 aromatic rings. The maximum Gasteiger partial charge on any atom is 0.0826 e. The Hall–Kier alpha value is -0.630. The van der Waals surface area contributed by atoms with E-state index in [2.05, 4.69) is 23.2 Å². The van der Waals surface area contributed by atoms with Crippen LogP contribution in [0, 0.1) is 16.7 Å². The van der Waals surface area contributed by atoms with E-state index in [1.54, 1.807) is 0 Å². The highest BCUT2D eigenvalue weighted by atomic mass is 16.5. The molecule has 0 radical (unpaired) electrons. The predicted molar refractivity (Wildman–Crippen MR) is 68.7 cm³/mol. The minimum Gasteiger partial charge on any atom is -0.374 e. The van der Waals surface area contributed by atoms with Gasteiger partial charge in [0.05, 0.1) is 24.2 Å². The van der Waals surface area contributed by atoms with E-state index in [-0.39, 0.29) is 5.41 Å². The number of ether oxygens (including phenoxy) is 1. The molecule has 0 saturated carbocycles. The summed E-state index contributed by atoms with van der Waals surface area (Å²) >= 11 is 0. The molecule has 1 saturated heterocycles. The third-order valence-corrected chi connectivity index (χ3v) is 3.27. The monoisotopic (exact) mass is 239 g/mol. The molecular formula is C13H25N3O. The molecule has 1 aliphatic heterocycles. The topological polar surface area (TPSA) is 48.3 Å². The second-order valence-corrected chi connectivity index (χ2v) is 5.34. The first-order chi connectivity index (χ1) is 8.07. The highest BCUT2D eigenvalue weighted by Gasteiger charge is 2.19. The standard InChI is InChI=1S/C13H25N3O/c1-4-16-7-8-17-12(10-16)9-15-6-5-13(2,3)11-14/h12,15H,4-10H2,1-3H3. The Morgan fingerprint density at radius 3 is 2.94 bits per heavy atom. The van der Waals surface area contributed by atoms with Gasteiger partial charge in [0.25, 0.3) is 0 Å². The first-order valence-electron chi connectivity index (χ1n) is 6.53.